The number of ether oxygens (including phenoxy) is 1. The summed E-state index contributed by atoms with van der Waals surface area (Å²) >= 11 is 5.48. The molecule has 2 atom stereocenters. The predicted molar refractivity (Wildman–Crippen MR) is 53.2 cm³/mol. The summed E-state index contributed by atoms with van der Waals surface area (Å²) in [7, 11) is -4.93. The lowest BCUT2D eigenvalue weighted by atomic mass is 10.2. The first kappa shape index (κ1) is 15.1. The molecule has 9 heteroatoms. The summed E-state index contributed by atoms with van der Waals surface area (Å²) in [6.45, 7) is 4.29. The quantitative estimate of drug-likeness (QED) is 0.325. The number of halogens is 1. The number of alkyl halides is 1. The standard InChI is InChI=1S/C7H10ClO7P/c1-3-5(9)14-6(8)4(2)7(10)15-16(11,12)13/h3-4,6H,1H2,2H3,(H2,11,12,13). The lowest BCUT2D eigenvalue weighted by Gasteiger charge is -2.16. The molecule has 0 bridgehead atoms. The molecule has 92 valence electrons. The van der Waals surface area contributed by atoms with Crippen molar-refractivity contribution in [2.24, 2.45) is 5.92 Å². The third-order valence-corrected chi connectivity index (χ3v) is 2.25. The van der Waals surface area contributed by atoms with Crippen LogP contribution in [0.4, 0.5) is 0 Å². The van der Waals surface area contributed by atoms with Crippen LogP contribution in [0.2, 0.25) is 0 Å². The molecule has 7 nitrogen and oxygen atoms in total. The maximum Gasteiger partial charge on any atom is 0.526 e. The lowest BCUT2D eigenvalue weighted by Crippen LogP contribution is -2.26. The summed E-state index contributed by atoms with van der Waals surface area (Å²) in [6, 6.07) is 0. The number of hydrogen-bond donors (Lipinski definition) is 2. The molecule has 0 saturated carbocycles. The highest BCUT2D eigenvalue weighted by Crippen LogP contribution is 2.37. The summed E-state index contributed by atoms with van der Waals surface area (Å²) < 4.78 is 18.5. The van der Waals surface area contributed by atoms with Crippen molar-refractivity contribution in [1.82, 2.24) is 0 Å². The van der Waals surface area contributed by atoms with Crippen molar-refractivity contribution in [3.05, 3.63) is 12.7 Å². The van der Waals surface area contributed by atoms with Crippen LogP contribution in [-0.4, -0.2) is 27.3 Å². The van der Waals surface area contributed by atoms with E-state index in [4.69, 9.17) is 21.4 Å². The number of hydrogen-bond acceptors (Lipinski definition) is 5. The Labute approximate surface area is 96.2 Å². The van der Waals surface area contributed by atoms with Gasteiger partial charge in [-0.1, -0.05) is 18.2 Å². The molecule has 0 heterocycles. The molecule has 2 N–H and O–H groups in total. The highest BCUT2D eigenvalue weighted by Gasteiger charge is 2.31. The van der Waals surface area contributed by atoms with E-state index in [-0.39, 0.29) is 0 Å². The fraction of sp³-hybridized carbons (Fsp3) is 0.429. The first-order valence-electron chi connectivity index (χ1n) is 3.93. The van der Waals surface area contributed by atoms with Gasteiger partial charge in [-0.2, -0.15) is 0 Å². The van der Waals surface area contributed by atoms with Crippen molar-refractivity contribution in [3.8, 4) is 0 Å². The Morgan fingerprint density at radius 3 is 2.38 bits per heavy atom. The zero-order valence-electron chi connectivity index (χ0n) is 8.20. The Bertz CT molecular complexity index is 336. The Morgan fingerprint density at radius 1 is 1.50 bits per heavy atom. The van der Waals surface area contributed by atoms with Crippen LogP contribution in [0.5, 0.6) is 0 Å². The smallest absolute Gasteiger partial charge is 0.442 e. The van der Waals surface area contributed by atoms with Crippen LogP contribution >= 0.6 is 19.4 Å². The topological polar surface area (TPSA) is 110 Å². The molecule has 16 heavy (non-hydrogen) atoms. The Morgan fingerprint density at radius 2 is 2.00 bits per heavy atom. The molecule has 0 radical (unpaired) electrons. The van der Waals surface area contributed by atoms with E-state index in [2.05, 4.69) is 15.8 Å². The van der Waals surface area contributed by atoms with Crippen molar-refractivity contribution in [1.29, 1.82) is 0 Å². The van der Waals surface area contributed by atoms with Gasteiger partial charge in [-0.3, -0.25) is 14.6 Å². The number of esters is 1. The molecule has 0 saturated heterocycles. The van der Waals surface area contributed by atoms with Crippen LogP contribution in [0.1, 0.15) is 6.92 Å². The third kappa shape index (κ3) is 5.87. The third-order valence-electron chi connectivity index (χ3n) is 1.37. The van der Waals surface area contributed by atoms with E-state index in [0.717, 1.165) is 6.08 Å². The van der Waals surface area contributed by atoms with Crippen molar-refractivity contribution in [2.75, 3.05) is 0 Å². The first-order valence-corrected chi connectivity index (χ1v) is 5.90. The maximum atomic E-state index is 11.1. The molecular weight excluding hydrogens is 262 g/mol. The summed E-state index contributed by atoms with van der Waals surface area (Å²) in [5.41, 5.74) is -1.40. The molecule has 0 aliphatic heterocycles. The predicted octanol–water partition coefficient (Wildman–Crippen LogP) is 0.552. The van der Waals surface area contributed by atoms with Crippen LogP contribution in [0.15, 0.2) is 12.7 Å². The molecule has 0 aromatic rings. The zero-order valence-corrected chi connectivity index (χ0v) is 9.85. The van der Waals surface area contributed by atoms with E-state index in [1.54, 1.807) is 0 Å². The molecule has 0 amide bonds. The van der Waals surface area contributed by atoms with Gasteiger partial charge in [0.2, 0.25) is 0 Å². The Kier molecular flexibility index (Phi) is 5.67. The van der Waals surface area contributed by atoms with E-state index < -0.39 is 31.2 Å². The molecule has 0 aromatic heterocycles. The number of phosphoric ester groups is 1. The summed E-state index contributed by atoms with van der Waals surface area (Å²) in [5, 5.41) is 0. The Hall–Kier alpha value is -0.880. The van der Waals surface area contributed by atoms with Gasteiger partial charge in [-0.15, -0.1) is 0 Å². The number of carbonyl (C=O) groups excluding carboxylic acids is 2. The molecule has 0 aliphatic rings. The maximum absolute atomic E-state index is 11.1. The van der Waals surface area contributed by atoms with Gasteiger partial charge in [0, 0.05) is 6.08 Å². The van der Waals surface area contributed by atoms with Gasteiger partial charge in [0.1, 0.15) is 5.92 Å². The molecule has 0 fully saturated rings. The van der Waals surface area contributed by atoms with Gasteiger partial charge in [0.25, 0.3) is 0 Å². The average molecular weight is 273 g/mol. The fourth-order valence-electron chi connectivity index (χ4n) is 0.568. The van der Waals surface area contributed by atoms with Gasteiger partial charge < -0.3 is 9.26 Å². The van der Waals surface area contributed by atoms with Crippen molar-refractivity contribution < 1.29 is 33.2 Å². The van der Waals surface area contributed by atoms with Crippen LogP contribution in [0, 0.1) is 5.92 Å². The van der Waals surface area contributed by atoms with E-state index in [9.17, 15) is 14.2 Å². The second kappa shape index (κ2) is 6.00. The first-order chi connectivity index (χ1) is 7.17. The minimum atomic E-state index is -4.93. The molecule has 0 spiro atoms. The van der Waals surface area contributed by atoms with Crippen molar-refractivity contribution in [2.45, 2.75) is 12.5 Å². The number of phosphoric acid groups is 1. The Balaban J connectivity index is 4.38. The summed E-state index contributed by atoms with van der Waals surface area (Å²) in [4.78, 5) is 38.5. The van der Waals surface area contributed by atoms with Gasteiger partial charge in [0.05, 0.1) is 0 Å². The number of carbonyl (C=O) groups is 2. The van der Waals surface area contributed by atoms with Crippen LogP contribution < -0.4 is 0 Å². The van der Waals surface area contributed by atoms with E-state index in [1.165, 1.54) is 6.92 Å². The van der Waals surface area contributed by atoms with E-state index >= 15 is 0 Å². The highest BCUT2D eigenvalue weighted by molar-refractivity contribution is 7.46. The number of rotatable bonds is 5. The van der Waals surface area contributed by atoms with Gasteiger partial charge in [0.15, 0.2) is 5.56 Å². The van der Waals surface area contributed by atoms with E-state index in [1.807, 2.05) is 0 Å². The average Bonchev–Trinajstić information content (AvgIpc) is 2.13. The van der Waals surface area contributed by atoms with Gasteiger partial charge >= 0.3 is 19.8 Å². The summed E-state index contributed by atoms with van der Waals surface area (Å²) in [6.07, 6.45) is 0.830. The van der Waals surface area contributed by atoms with Gasteiger partial charge in [-0.25, -0.2) is 9.36 Å². The fourth-order valence-corrected chi connectivity index (χ4v) is 1.16. The molecule has 2 unspecified atom stereocenters. The second-order valence-corrected chi connectivity index (χ2v) is 4.28. The van der Waals surface area contributed by atoms with Gasteiger partial charge in [-0.05, 0) is 6.92 Å². The largest absolute Gasteiger partial charge is 0.526 e. The van der Waals surface area contributed by atoms with Crippen molar-refractivity contribution in [3.63, 3.8) is 0 Å². The second-order valence-electron chi connectivity index (χ2n) is 2.68. The lowest BCUT2D eigenvalue weighted by molar-refractivity contribution is -0.148. The van der Waals surface area contributed by atoms with E-state index in [0.29, 0.717) is 0 Å². The molecule has 0 aromatic carbocycles. The molecule has 0 rings (SSSR count). The van der Waals surface area contributed by atoms with Crippen molar-refractivity contribution >= 4 is 31.4 Å². The normalized spacial score (nSPS) is 14.8. The minimum Gasteiger partial charge on any atom is -0.442 e. The zero-order chi connectivity index (χ0) is 12.9. The van der Waals surface area contributed by atoms with Crippen LogP contribution in [0.25, 0.3) is 0 Å². The monoisotopic (exact) mass is 272 g/mol. The molecule has 0 aliphatic carbocycles. The highest BCUT2D eigenvalue weighted by atomic mass is 35.5. The summed E-state index contributed by atoms with van der Waals surface area (Å²) in [5.74, 6) is -3.36. The minimum absolute atomic E-state index is 0.830. The molecular formula is C7H10ClO7P. The SMILES string of the molecule is C=CC(=O)OC(Cl)C(C)C(=O)OP(=O)(O)O. The van der Waals surface area contributed by atoms with Crippen LogP contribution in [0.3, 0.4) is 0 Å². The van der Waals surface area contributed by atoms with Crippen LogP contribution in [-0.2, 0) is 23.4 Å².